The van der Waals surface area contributed by atoms with Crippen molar-refractivity contribution < 1.29 is 9.53 Å². The van der Waals surface area contributed by atoms with Crippen LogP contribution >= 0.6 is 11.3 Å². The van der Waals surface area contributed by atoms with Crippen LogP contribution in [0.25, 0.3) is 10.3 Å². The van der Waals surface area contributed by atoms with E-state index in [2.05, 4.69) is 37.7 Å². The molecule has 0 saturated heterocycles. The molecule has 0 saturated carbocycles. The molecular formula is C22H21N5O2S. The summed E-state index contributed by atoms with van der Waals surface area (Å²) in [5.74, 6) is 0.710. The van der Waals surface area contributed by atoms with Crippen LogP contribution in [-0.4, -0.2) is 27.6 Å². The number of rotatable bonds is 8. The lowest BCUT2D eigenvalue weighted by Crippen LogP contribution is -2.26. The number of nitrogens with one attached hydrogen (secondary N) is 2. The topological polar surface area (TPSA) is 89.0 Å². The molecule has 2 heterocycles. The summed E-state index contributed by atoms with van der Waals surface area (Å²) in [7, 11) is 0. The van der Waals surface area contributed by atoms with Crippen molar-refractivity contribution >= 4 is 33.6 Å². The summed E-state index contributed by atoms with van der Waals surface area (Å²) in [5, 5.41) is 6.97. The third-order valence-corrected chi connectivity index (χ3v) is 5.39. The molecule has 8 heteroatoms. The minimum Gasteiger partial charge on any atom is -0.445 e. The zero-order chi connectivity index (χ0) is 20.6. The molecule has 4 aromatic rings. The van der Waals surface area contributed by atoms with Crippen LogP contribution < -0.4 is 10.6 Å². The van der Waals surface area contributed by atoms with Crippen molar-refractivity contribution in [2.45, 2.75) is 19.6 Å². The monoisotopic (exact) mass is 419 g/mol. The highest BCUT2D eigenvalue weighted by Crippen LogP contribution is 2.25. The first kappa shape index (κ1) is 19.8. The number of hydrogen-bond acceptors (Lipinski definition) is 7. The Balaban J connectivity index is 1.30. The van der Waals surface area contributed by atoms with Crippen molar-refractivity contribution in [1.82, 2.24) is 20.3 Å². The zero-order valence-electron chi connectivity index (χ0n) is 16.2. The van der Waals surface area contributed by atoms with Gasteiger partial charge in [-0.1, -0.05) is 72.0 Å². The standard InChI is InChI=1S/C22H21N5O2S/c28-22(29-14-17-9-5-2-6-10-17)23-12-11-18-27-19-20(25-15-26-21(19)30-18)24-13-16-7-3-1-4-8-16/h1-10,15H,11-14H2,(H,23,28)(H,24,25,26). The van der Waals surface area contributed by atoms with Gasteiger partial charge < -0.3 is 15.4 Å². The quantitative estimate of drug-likeness (QED) is 0.446. The Morgan fingerprint density at radius 2 is 1.70 bits per heavy atom. The maximum atomic E-state index is 11.9. The van der Waals surface area contributed by atoms with Crippen molar-refractivity contribution in [1.29, 1.82) is 0 Å². The van der Waals surface area contributed by atoms with Gasteiger partial charge in [-0.3, -0.25) is 0 Å². The lowest BCUT2D eigenvalue weighted by Gasteiger charge is -2.06. The first-order chi connectivity index (χ1) is 14.8. The molecule has 0 atom stereocenters. The number of thiazole rings is 1. The van der Waals surface area contributed by atoms with E-state index in [1.807, 2.05) is 48.5 Å². The molecule has 152 valence electrons. The molecule has 30 heavy (non-hydrogen) atoms. The van der Waals surface area contributed by atoms with Crippen molar-refractivity contribution in [3.8, 4) is 0 Å². The van der Waals surface area contributed by atoms with E-state index in [1.54, 1.807) is 0 Å². The van der Waals surface area contributed by atoms with Crippen LogP contribution in [-0.2, 0) is 24.3 Å². The fraction of sp³-hybridized carbons (Fsp3) is 0.182. The van der Waals surface area contributed by atoms with Crippen molar-refractivity contribution in [2.75, 3.05) is 11.9 Å². The normalized spacial score (nSPS) is 10.7. The average Bonchev–Trinajstić information content (AvgIpc) is 3.21. The number of alkyl carbamates (subject to hydrolysis) is 1. The number of benzene rings is 2. The minimum absolute atomic E-state index is 0.250. The fourth-order valence-electron chi connectivity index (χ4n) is 2.86. The fourth-order valence-corrected chi connectivity index (χ4v) is 3.76. The number of carbonyl (C=O) groups is 1. The lowest BCUT2D eigenvalue weighted by atomic mass is 10.2. The third kappa shape index (κ3) is 5.30. The second-order valence-electron chi connectivity index (χ2n) is 6.56. The summed E-state index contributed by atoms with van der Waals surface area (Å²) in [6.45, 7) is 1.35. The molecule has 0 fully saturated rings. The van der Waals surface area contributed by atoms with Crippen LogP contribution in [0.2, 0.25) is 0 Å². The smallest absolute Gasteiger partial charge is 0.407 e. The van der Waals surface area contributed by atoms with E-state index in [9.17, 15) is 4.79 Å². The highest BCUT2D eigenvalue weighted by atomic mass is 32.1. The molecular weight excluding hydrogens is 398 g/mol. The lowest BCUT2D eigenvalue weighted by molar-refractivity contribution is 0.140. The Kier molecular flexibility index (Phi) is 6.46. The minimum atomic E-state index is -0.440. The predicted octanol–water partition coefficient (Wildman–Crippen LogP) is 4.17. The molecule has 0 unspecified atom stereocenters. The van der Waals surface area contributed by atoms with Gasteiger partial charge >= 0.3 is 6.09 Å². The van der Waals surface area contributed by atoms with E-state index in [1.165, 1.54) is 17.7 Å². The number of carbonyl (C=O) groups excluding carboxylic acids is 1. The van der Waals surface area contributed by atoms with Gasteiger partial charge in [0, 0.05) is 19.5 Å². The first-order valence-electron chi connectivity index (χ1n) is 9.61. The number of hydrogen-bond donors (Lipinski definition) is 2. The summed E-state index contributed by atoms with van der Waals surface area (Å²) in [6, 6.07) is 19.7. The van der Waals surface area contributed by atoms with E-state index in [0.717, 1.165) is 26.5 Å². The molecule has 0 aliphatic carbocycles. The van der Waals surface area contributed by atoms with Gasteiger partial charge in [-0.15, -0.1) is 0 Å². The van der Waals surface area contributed by atoms with Crippen molar-refractivity contribution in [3.05, 3.63) is 83.1 Å². The number of anilines is 1. The molecule has 7 nitrogen and oxygen atoms in total. The van der Waals surface area contributed by atoms with Gasteiger partial charge in [0.1, 0.15) is 23.3 Å². The predicted molar refractivity (Wildman–Crippen MR) is 117 cm³/mol. The molecule has 0 aliphatic rings. The summed E-state index contributed by atoms with van der Waals surface area (Å²) < 4.78 is 5.22. The Bertz CT molecular complexity index is 1100. The highest BCUT2D eigenvalue weighted by Gasteiger charge is 2.11. The molecule has 0 spiro atoms. The van der Waals surface area contributed by atoms with Crippen molar-refractivity contribution in [3.63, 3.8) is 0 Å². The van der Waals surface area contributed by atoms with Crippen LogP contribution in [0.5, 0.6) is 0 Å². The Morgan fingerprint density at radius 3 is 2.47 bits per heavy atom. The van der Waals surface area contributed by atoms with Crippen molar-refractivity contribution in [2.24, 2.45) is 0 Å². The van der Waals surface area contributed by atoms with E-state index >= 15 is 0 Å². The van der Waals surface area contributed by atoms with E-state index < -0.39 is 6.09 Å². The number of ether oxygens (including phenoxy) is 1. The Labute approximate surface area is 178 Å². The van der Waals surface area contributed by atoms with Crippen LogP contribution in [0.4, 0.5) is 10.6 Å². The maximum absolute atomic E-state index is 11.9. The van der Waals surface area contributed by atoms with E-state index in [-0.39, 0.29) is 6.61 Å². The molecule has 0 aliphatic heterocycles. The van der Waals surface area contributed by atoms with Crippen LogP contribution in [0.15, 0.2) is 67.0 Å². The Hall–Kier alpha value is -3.52. The van der Waals surface area contributed by atoms with Crippen LogP contribution in [0.3, 0.4) is 0 Å². The molecule has 0 radical (unpaired) electrons. The molecule has 1 amide bonds. The van der Waals surface area contributed by atoms with Gasteiger partial charge in [-0.25, -0.2) is 19.7 Å². The third-order valence-electron chi connectivity index (χ3n) is 4.36. The number of amides is 1. The van der Waals surface area contributed by atoms with Crippen LogP contribution in [0.1, 0.15) is 16.1 Å². The molecule has 4 rings (SSSR count). The van der Waals surface area contributed by atoms with Gasteiger partial charge in [0.2, 0.25) is 0 Å². The SMILES string of the molecule is O=C(NCCc1nc2c(NCc3ccccc3)ncnc2s1)OCc1ccccc1. The summed E-state index contributed by atoms with van der Waals surface area (Å²) in [4.78, 5) is 26.0. The summed E-state index contributed by atoms with van der Waals surface area (Å²) in [6.07, 6.45) is 1.70. The second-order valence-corrected chi connectivity index (χ2v) is 7.62. The van der Waals surface area contributed by atoms with Crippen LogP contribution in [0, 0.1) is 0 Å². The van der Waals surface area contributed by atoms with Gasteiger partial charge in [0.15, 0.2) is 5.82 Å². The summed E-state index contributed by atoms with van der Waals surface area (Å²) >= 11 is 1.50. The maximum Gasteiger partial charge on any atom is 0.407 e. The molecule has 2 N–H and O–H groups in total. The molecule has 0 bridgehead atoms. The van der Waals surface area contributed by atoms with Gasteiger partial charge in [0.05, 0.1) is 5.01 Å². The largest absolute Gasteiger partial charge is 0.445 e. The first-order valence-corrected chi connectivity index (χ1v) is 10.4. The second kappa shape index (κ2) is 9.80. The average molecular weight is 420 g/mol. The van der Waals surface area contributed by atoms with E-state index in [0.29, 0.717) is 25.3 Å². The van der Waals surface area contributed by atoms with Gasteiger partial charge in [-0.05, 0) is 11.1 Å². The summed E-state index contributed by atoms with van der Waals surface area (Å²) in [5.41, 5.74) is 2.87. The molecule has 2 aromatic carbocycles. The van der Waals surface area contributed by atoms with E-state index in [4.69, 9.17) is 4.74 Å². The van der Waals surface area contributed by atoms with Gasteiger partial charge in [0.25, 0.3) is 0 Å². The zero-order valence-corrected chi connectivity index (χ0v) is 17.1. The van der Waals surface area contributed by atoms with Gasteiger partial charge in [-0.2, -0.15) is 0 Å². The number of fused-ring (bicyclic) bond motifs is 1. The molecule has 2 aromatic heterocycles. The number of nitrogens with zero attached hydrogens (tertiary/aromatic N) is 3. The highest BCUT2D eigenvalue weighted by molar-refractivity contribution is 7.18. The Morgan fingerprint density at radius 1 is 0.967 bits per heavy atom. The number of aromatic nitrogens is 3.